The van der Waals surface area contributed by atoms with Crippen LogP contribution in [-0.2, 0) is 10.0 Å². The van der Waals surface area contributed by atoms with Gasteiger partial charge >= 0.3 is 0 Å². The fraction of sp³-hybridized carbons (Fsp3) is 0.462. The summed E-state index contributed by atoms with van der Waals surface area (Å²) in [6.45, 7) is 2.53. The highest BCUT2D eigenvalue weighted by molar-refractivity contribution is 7.92. The van der Waals surface area contributed by atoms with E-state index in [4.69, 9.17) is 5.11 Å². The van der Waals surface area contributed by atoms with Gasteiger partial charge in [-0.3, -0.25) is 9.52 Å². The molecule has 0 spiro atoms. The van der Waals surface area contributed by atoms with Crippen molar-refractivity contribution in [3.05, 3.63) is 29.8 Å². The SMILES string of the molecule is CC(CCO)CNC(=O)c1ccc(NS(C)(=O)=O)cc1. The number of carbonyl (C=O) groups excluding carboxylic acids is 1. The summed E-state index contributed by atoms with van der Waals surface area (Å²) in [7, 11) is -3.31. The van der Waals surface area contributed by atoms with Crippen LogP contribution in [-0.4, -0.2) is 38.8 Å². The molecule has 1 unspecified atom stereocenters. The zero-order valence-electron chi connectivity index (χ0n) is 11.6. The van der Waals surface area contributed by atoms with Gasteiger partial charge in [-0.25, -0.2) is 8.42 Å². The van der Waals surface area contributed by atoms with E-state index in [9.17, 15) is 13.2 Å². The van der Waals surface area contributed by atoms with Gasteiger partial charge in [0.1, 0.15) is 0 Å². The molecule has 0 radical (unpaired) electrons. The lowest BCUT2D eigenvalue weighted by molar-refractivity contribution is 0.0945. The van der Waals surface area contributed by atoms with Crippen molar-refractivity contribution in [1.29, 1.82) is 0 Å². The van der Waals surface area contributed by atoms with Gasteiger partial charge < -0.3 is 10.4 Å². The molecule has 1 amide bonds. The third-order valence-electron chi connectivity index (χ3n) is 2.68. The first-order valence-electron chi connectivity index (χ1n) is 6.28. The van der Waals surface area contributed by atoms with Gasteiger partial charge in [0.25, 0.3) is 5.91 Å². The lowest BCUT2D eigenvalue weighted by atomic mass is 10.1. The van der Waals surface area contributed by atoms with E-state index in [0.717, 1.165) is 6.26 Å². The maximum Gasteiger partial charge on any atom is 0.251 e. The van der Waals surface area contributed by atoms with Crippen molar-refractivity contribution in [3.63, 3.8) is 0 Å². The second-order valence-electron chi connectivity index (χ2n) is 4.78. The topological polar surface area (TPSA) is 95.5 Å². The van der Waals surface area contributed by atoms with Gasteiger partial charge in [0.05, 0.1) is 6.26 Å². The first-order valence-corrected chi connectivity index (χ1v) is 8.18. The first-order chi connectivity index (χ1) is 9.31. The molecule has 0 aliphatic carbocycles. The van der Waals surface area contributed by atoms with Crippen LogP contribution in [0.3, 0.4) is 0 Å². The average molecular weight is 300 g/mol. The number of aliphatic hydroxyl groups excluding tert-OH is 1. The minimum atomic E-state index is -3.31. The zero-order valence-corrected chi connectivity index (χ0v) is 12.4. The van der Waals surface area contributed by atoms with E-state index in [1.165, 1.54) is 12.1 Å². The molecule has 7 heteroatoms. The number of hydrogen-bond acceptors (Lipinski definition) is 4. The first kappa shape index (κ1) is 16.5. The molecule has 1 aromatic carbocycles. The van der Waals surface area contributed by atoms with Crippen molar-refractivity contribution >= 4 is 21.6 Å². The van der Waals surface area contributed by atoms with Gasteiger partial charge in [-0.05, 0) is 36.6 Å². The molecule has 0 aromatic heterocycles. The largest absolute Gasteiger partial charge is 0.396 e. The van der Waals surface area contributed by atoms with Crippen LogP contribution < -0.4 is 10.0 Å². The Morgan fingerprint density at radius 1 is 1.30 bits per heavy atom. The number of carbonyl (C=O) groups is 1. The third kappa shape index (κ3) is 6.03. The van der Waals surface area contributed by atoms with Crippen LogP contribution in [0.25, 0.3) is 0 Å². The molecular weight excluding hydrogens is 280 g/mol. The highest BCUT2D eigenvalue weighted by Gasteiger charge is 2.08. The van der Waals surface area contributed by atoms with Crippen LogP contribution in [0.4, 0.5) is 5.69 Å². The van der Waals surface area contributed by atoms with Crippen molar-refractivity contribution < 1.29 is 18.3 Å². The Hall–Kier alpha value is -1.60. The Labute approximate surface area is 119 Å². The van der Waals surface area contributed by atoms with Gasteiger partial charge in [-0.15, -0.1) is 0 Å². The normalized spacial score (nSPS) is 12.8. The molecule has 20 heavy (non-hydrogen) atoms. The molecule has 0 aliphatic heterocycles. The number of sulfonamides is 1. The highest BCUT2D eigenvalue weighted by Crippen LogP contribution is 2.11. The Morgan fingerprint density at radius 2 is 1.90 bits per heavy atom. The van der Waals surface area contributed by atoms with E-state index < -0.39 is 10.0 Å². The Bertz CT molecular complexity index is 540. The molecule has 0 heterocycles. The lowest BCUT2D eigenvalue weighted by Gasteiger charge is -2.11. The number of amides is 1. The molecule has 3 N–H and O–H groups in total. The van der Waals surface area contributed by atoms with E-state index in [0.29, 0.717) is 24.2 Å². The van der Waals surface area contributed by atoms with Crippen molar-refractivity contribution in [2.75, 3.05) is 24.1 Å². The molecule has 0 aliphatic rings. The van der Waals surface area contributed by atoms with Crippen LogP contribution in [0.1, 0.15) is 23.7 Å². The van der Waals surface area contributed by atoms with E-state index in [2.05, 4.69) is 10.0 Å². The highest BCUT2D eigenvalue weighted by atomic mass is 32.2. The summed E-state index contributed by atoms with van der Waals surface area (Å²) < 4.78 is 24.4. The van der Waals surface area contributed by atoms with Crippen molar-refractivity contribution in [1.82, 2.24) is 5.32 Å². The molecular formula is C13H20N2O4S. The molecule has 1 aromatic rings. The summed E-state index contributed by atoms with van der Waals surface area (Å²) in [5, 5.41) is 11.5. The molecule has 0 saturated carbocycles. The van der Waals surface area contributed by atoms with E-state index >= 15 is 0 Å². The van der Waals surface area contributed by atoms with E-state index in [1.807, 2.05) is 6.92 Å². The number of hydrogen-bond donors (Lipinski definition) is 3. The number of benzene rings is 1. The maximum atomic E-state index is 11.8. The smallest absolute Gasteiger partial charge is 0.251 e. The fourth-order valence-corrected chi connectivity index (χ4v) is 2.16. The van der Waals surface area contributed by atoms with Crippen molar-refractivity contribution in [3.8, 4) is 0 Å². The summed E-state index contributed by atoms with van der Waals surface area (Å²) in [5.41, 5.74) is 0.873. The lowest BCUT2D eigenvalue weighted by Crippen LogP contribution is -2.28. The number of anilines is 1. The van der Waals surface area contributed by atoms with Gasteiger partial charge in [0.2, 0.25) is 10.0 Å². The monoisotopic (exact) mass is 300 g/mol. The Morgan fingerprint density at radius 3 is 2.40 bits per heavy atom. The summed E-state index contributed by atoms with van der Waals surface area (Å²) in [4.78, 5) is 11.8. The van der Waals surface area contributed by atoms with Crippen LogP contribution in [0.5, 0.6) is 0 Å². The fourth-order valence-electron chi connectivity index (χ4n) is 1.60. The Kier molecular flexibility index (Phi) is 5.97. The molecule has 0 saturated heterocycles. The van der Waals surface area contributed by atoms with Gasteiger partial charge in [-0.2, -0.15) is 0 Å². The van der Waals surface area contributed by atoms with Crippen LogP contribution in [0, 0.1) is 5.92 Å². The maximum absolute atomic E-state index is 11.8. The molecule has 0 fully saturated rings. The minimum absolute atomic E-state index is 0.100. The molecule has 112 valence electrons. The standard InChI is InChI=1S/C13H20N2O4S/c1-10(7-8-16)9-14-13(17)11-3-5-12(6-4-11)15-20(2,18)19/h3-6,10,15-16H,7-9H2,1-2H3,(H,14,17). The number of nitrogens with one attached hydrogen (secondary N) is 2. The van der Waals surface area contributed by atoms with Crippen LogP contribution in [0.2, 0.25) is 0 Å². The number of aliphatic hydroxyl groups is 1. The van der Waals surface area contributed by atoms with Crippen molar-refractivity contribution in [2.24, 2.45) is 5.92 Å². The van der Waals surface area contributed by atoms with Crippen LogP contribution in [0.15, 0.2) is 24.3 Å². The van der Waals surface area contributed by atoms with Crippen molar-refractivity contribution in [2.45, 2.75) is 13.3 Å². The van der Waals surface area contributed by atoms with E-state index in [-0.39, 0.29) is 18.4 Å². The summed E-state index contributed by atoms with van der Waals surface area (Å²) >= 11 is 0. The predicted molar refractivity (Wildman–Crippen MR) is 78.1 cm³/mol. The molecule has 1 atom stereocenters. The molecule has 6 nitrogen and oxygen atoms in total. The van der Waals surface area contributed by atoms with Gasteiger partial charge in [-0.1, -0.05) is 6.92 Å². The van der Waals surface area contributed by atoms with Gasteiger partial charge in [0, 0.05) is 24.4 Å². The predicted octanol–water partition coefficient (Wildman–Crippen LogP) is 0.806. The van der Waals surface area contributed by atoms with Crippen LogP contribution >= 0.6 is 0 Å². The quantitative estimate of drug-likeness (QED) is 0.694. The molecule has 0 bridgehead atoms. The molecule has 1 rings (SSSR count). The summed E-state index contributed by atoms with van der Waals surface area (Å²) in [6.07, 6.45) is 1.70. The van der Waals surface area contributed by atoms with Gasteiger partial charge in [0.15, 0.2) is 0 Å². The third-order valence-corrected chi connectivity index (χ3v) is 3.29. The number of rotatable bonds is 7. The summed E-state index contributed by atoms with van der Waals surface area (Å²) in [5.74, 6) is -0.0178. The summed E-state index contributed by atoms with van der Waals surface area (Å²) in [6, 6.07) is 6.18. The second-order valence-corrected chi connectivity index (χ2v) is 6.53. The second kappa shape index (κ2) is 7.25. The Balaban J connectivity index is 2.57. The average Bonchev–Trinajstić information content (AvgIpc) is 2.35. The minimum Gasteiger partial charge on any atom is -0.396 e. The van der Waals surface area contributed by atoms with E-state index in [1.54, 1.807) is 12.1 Å². The zero-order chi connectivity index (χ0) is 15.2.